The van der Waals surface area contributed by atoms with Crippen LogP contribution in [0.25, 0.3) is 0 Å². The lowest BCUT2D eigenvalue weighted by molar-refractivity contribution is -0.122. The molecule has 1 amide bonds. The van der Waals surface area contributed by atoms with E-state index in [1.54, 1.807) is 0 Å². The number of rotatable bonds is 8. The summed E-state index contributed by atoms with van der Waals surface area (Å²) in [6, 6.07) is 6.13. The SMILES string of the molecule is CC(C)COc1cccc2c1CC(C(=O)NC1CCN(CCN3CC=CCC3)CC1)N2. The maximum Gasteiger partial charge on any atom is 0.243 e. The number of ether oxygens (including phenoxy) is 1. The predicted octanol–water partition coefficient (Wildman–Crippen LogP) is 2.90. The van der Waals surface area contributed by atoms with Crippen LogP contribution in [-0.4, -0.2) is 73.7 Å². The Hall–Kier alpha value is -2.05. The second kappa shape index (κ2) is 10.5. The average molecular weight is 427 g/mol. The minimum atomic E-state index is -0.205. The van der Waals surface area contributed by atoms with E-state index in [2.05, 4.69) is 46.4 Å². The van der Waals surface area contributed by atoms with Crippen molar-refractivity contribution >= 4 is 11.6 Å². The molecular formula is C25H38N4O2. The minimum Gasteiger partial charge on any atom is -0.493 e. The first-order chi connectivity index (χ1) is 15.1. The zero-order valence-corrected chi connectivity index (χ0v) is 19.1. The average Bonchev–Trinajstić information content (AvgIpc) is 3.23. The van der Waals surface area contributed by atoms with Gasteiger partial charge in [0.05, 0.1) is 6.61 Å². The molecule has 2 N–H and O–H groups in total. The van der Waals surface area contributed by atoms with E-state index in [-0.39, 0.29) is 18.0 Å². The van der Waals surface area contributed by atoms with Crippen LogP contribution in [0.2, 0.25) is 0 Å². The summed E-state index contributed by atoms with van der Waals surface area (Å²) in [5, 5.41) is 6.71. The lowest BCUT2D eigenvalue weighted by atomic mass is 10.0. The first-order valence-electron chi connectivity index (χ1n) is 12.0. The van der Waals surface area contributed by atoms with Gasteiger partial charge in [0, 0.05) is 63.0 Å². The Kier molecular flexibility index (Phi) is 7.51. The molecule has 1 atom stereocenters. The van der Waals surface area contributed by atoms with Crippen LogP contribution < -0.4 is 15.4 Å². The third-order valence-electron chi connectivity index (χ3n) is 6.57. The molecule has 4 rings (SSSR count). The number of fused-ring (bicyclic) bond motifs is 1. The summed E-state index contributed by atoms with van der Waals surface area (Å²) in [4.78, 5) is 18.0. The van der Waals surface area contributed by atoms with E-state index < -0.39 is 0 Å². The number of nitrogens with zero attached hydrogens (tertiary/aromatic N) is 2. The highest BCUT2D eigenvalue weighted by molar-refractivity contribution is 5.88. The first-order valence-corrected chi connectivity index (χ1v) is 12.0. The van der Waals surface area contributed by atoms with Gasteiger partial charge in [0.25, 0.3) is 0 Å². The van der Waals surface area contributed by atoms with E-state index in [0.717, 1.165) is 62.6 Å². The highest BCUT2D eigenvalue weighted by atomic mass is 16.5. The third kappa shape index (κ3) is 6.01. The molecule has 1 fully saturated rings. The zero-order chi connectivity index (χ0) is 21.6. The number of hydrogen-bond acceptors (Lipinski definition) is 5. The molecular weight excluding hydrogens is 388 g/mol. The van der Waals surface area contributed by atoms with Gasteiger partial charge in [-0.2, -0.15) is 0 Å². The van der Waals surface area contributed by atoms with Crippen molar-refractivity contribution in [3.8, 4) is 5.75 Å². The molecule has 0 aromatic heterocycles. The van der Waals surface area contributed by atoms with Crippen LogP contribution in [0.4, 0.5) is 5.69 Å². The van der Waals surface area contributed by atoms with Gasteiger partial charge in [0.2, 0.25) is 5.91 Å². The van der Waals surface area contributed by atoms with Crippen molar-refractivity contribution in [3.05, 3.63) is 35.9 Å². The van der Waals surface area contributed by atoms with Crippen LogP contribution >= 0.6 is 0 Å². The van der Waals surface area contributed by atoms with E-state index in [9.17, 15) is 4.79 Å². The molecule has 1 saturated heterocycles. The van der Waals surface area contributed by atoms with Gasteiger partial charge in [0.15, 0.2) is 0 Å². The number of nitrogens with one attached hydrogen (secondary N) is 2. The molecule has 170 valence electrons. The number of hydrogen-bond donors (Lipinski definition) is 2. The molecule has 0 bridgehead atoms. The summed E-state index contributed by atoms with van der Waals surface area (Å²) in [7, 11) is 0. The van der Waals surface area contributed by atoms with Crippen molar-refractivity contribution in [1.82, 2.24) is 15.1 Å². The molecule has 3 heterocycles. The Morgan fingerprint density at radius 2 is 1.97 bits per heavy atom. The van der Waals surface area contributed by atoms with Gasteiger partial charge >= 0.3 is 0 Å². The number of anilines is 1. The van der Waals surface area contributed by atoms with Gasteiger partial charge in [-0.3, -0.25) is 9.69 Å². The molecule has 6 nitrogen and oxygen atoms in total. The number of piperidine rings is 1. The van der Waals surface area contributed by atoms with Gasteiger partial charge in [-0.25, -0.2) is 0 Å². The molecule has 3 aliphatic heterocycles. The van der Waals surface area contributed by atoms with Gasteiger partial charge in [-0.15, -0.1) is 0 Å². The molecule has 0 spiro atoms. The second-order valence-corrected chi connectivity index (χ2v) is 9.57. The van der Waals surface area contributed by atoms with Crippen molar-refractivity contribution < 1.29 is 9.53 Å². The van der Waals surface area contributed by atoms with E-state index >= 15 is 0 Å². The molecule has 0 aliphatic carbocycles. The second-order valence-electron chi connectivity index (χ2n) is 9.57. The number of carbonyl (C=O) groups is 1. The highest BCUT2D eigenvalue weighted by Crippen LogP contribution is 2.34. The number of carbonyl (C=O) groups excluding carboxylic acids is 1. The van der Waals surface area contributed by atoms with Crippen molar-refractivity contribution in [2.45, 2.75) is 51.6 Å². The zero-order valence-electron chi connectivity index (χ0n) is 19.1. The minimum absolute atomic E-state index is 0.115. The van der Waals surface area contributed by atoms with Gasteiger partial charge in [0.1, 0.15) is 11.8 Å². The molecule has 31 heavy (non-hydrogen) atoms. The molecule has 6 heteroatoms. The number of amides is 1. The molecule has 3 aliphatic rings. The predicted molar refractivity (Wildman–Crippen MR) is 126 cm³/mol. The van der Waals surface area contributed by atoms with Gasteiger partial charge in [-0.05, 0) is 37.3 Å². The Morgan fingerprint density at radius 3 is 2.71 bits per heavy atom. The summed E-state index contributed by atoms with van der Waals surface area (Å²) >= 11 is 0. The van der Waals surface area contributed by atoms with Crippen molar-refractivity contribution in [1.29, 1.82) is 0 Å². The fourth-order valence-corrected chi connectivity index (χ4v) is 4.68. The number of likely N-dealkylation sites (tertiary alicyclic amines) is 1. The smallest absolute Gasteiger partial charge is 0.243 e. The van der Waals surface area contributed by atoms with Crippen LogP contribution in [0.15, 0.2) is 30.4 Å². The van der Waals surface area contributed by atoms with Crippen molar-refractivity contribution in [2.24, 2.45) is 5.92 Å². The summed E-state index contributed by atoms with van der Waals surface area (Å²) in [5.74, 6) is 1.50. The Balaban J connectivity index is 1.20. The van der Waals surface area contributed by atoms with Crippen LogP contribution in [0.1, 0.15) is 38.7 Å². The van der Waals surface area contributed by atoms with Crippen molar-refractivity contribution in [2.75, 3.05) is 51.2 Å². The summed E-state index contributed by atoms with van der Waals surface area (Å²) < 4.78 is 5.98. The Bertz CT molecular complexity index is 771. The molecule has 1 aromatic carbocycles. The maximum atomic E-state index is 12.9. The van der Waals surface area contributed by atoms with E-state index in [4.69, 9.17) is 4.74 Å². The molecule has 1 aromatic rings. The van der Waals surface area contributed by atoms with Gasteiger partial charge in [-0.1, -0.05) is 32.1 Å². The third-order valence-corrected chi connectivity index (χ3v) is 6.57. The van der Waals surface area contributed by atoms with E-state index in [0.29, 0.717) is 18.9 Å². The summed E-state index contributed by atoms with van der Waals surface area (Å²) in [6.45, 7) is 11.7. The highest BCUT2D eigenvalue weighted by Gasteiger charge is 2.31. The standard InChI is InChI=1S/C25H38N4O2/c1-19(2)18-31-24-8-6-7-22-21(24)17-23(27-22)25(30)26-20-9-13-29(14-10-20)16-15-28-11-4-3-5-12-28/h3-4,6-8,19-20,23,27H,5,9-18H2,1-2H3,(H,26,30). The van der Waals surface area contributed by atoms with Crippen LogP contribution in [-0.2, 0) is 11.2 Å². The summed E-state index contributed by atoms with van der Waals surface area (Å²) in [5.41, 5.74) is 2.16. The maximum absolute atomic E-state index is 12.9. The summed E-state index contributed by atoms with van der Waals surface area (Å²) in [6.07, 6.45) is 8.50. The number of benzene rings is 1. The van der Waals surface area contributed by atoms with Crippen LogP contribution in [0, 0.1) is 5.92 Å². The lowest BCUT2D eigenvalue weighted by Crippen LogP contribution is -2.49. The van der Waals surface area contributed by atoms with Crippen LogP contribution in [0.5, 0.6) is 5.75 Å². The van der Waals surface area contributed by atoms with Crippen LogP contribution in [0.3, 0.4) is 0 Å². The Labute approximate surface area is 187 Å². The molecule has 0 saturated carbocycles. The topological polar surface area (TPSA) is 56.8 Å². The molecule has 1 unspecified atom stereocenters. The molecule has 0 radical (unpaired) electrons. The normalized spacial score (nSPS) is 22.4. The van der Waals surface area contributed by atoms with E-state index in [1.807, 2.05) is 18.2 Å². The lowest BCUT2D eigenvalue weighted by Gasteiger charge is -2.34. The van der Waals surface area contributed by atoms with Crippen molar-refractivity contribution in [3.63, 3.8) is 0 Å². The van der Waals surface area contributed by atoms with E-state index in [1.165, 1.54) is 13.0 Å². The fraction of sp³-hybridized carbons (Fsp3) is 0.640. The monoisotopic (exact) mass is 426 g/mol. The Morgan fingerprint density at radius 1 is 1.16 bits per heavy atom. The fourth-order valence-electron chi connectivity index (χ4n) is 4.68. The largest absolute Gasteiger partial charge is 0.493 e. The first kappa shape index (κ1) is 22.2. The van der Waals surface area contributed by atoms with Gasteiger partial charge < -0.3 is 20.3 Å². The quantitative estimate of drug-likeness (QED) is 0.626.